The van der Waals surface area contributed by atoms with E-state index in [-0.39, 0.29) is 23.9 Å². The molecule has 0 aromatic carbocycles. The van der Waals surface area contributed by atoms with Crippen molar-refractivity contribution in [2.24, 2.45) is 11.1 Å². The zero-order valence-corrected chi connectivity index (χ0v) is 9.50. The van der Waals surface area contributed by atoms with Crippen LogP contribution >= 0.6 is 0 Å². The van der Waals surface area contributed by atoms with Crippen molar-refractivity contribution in [2.45, 2.75) is 46.3 Å². The summed E-state index contributed by atoms with van der Waals surface area (Å²) in [5, 5.41) is 11.6. The molecule has 4 heteroatoms. The van der Waals surface area contributed by atoms with Gasteiger partial charge in [-0.2, -0.15) is 0 Å². The second-order valence-electron chi connectivity index (χ2n) is 4.83. The molecule has 0 bridgehead atoms. The first-order chi connectivity index (χ1) is 6.23. The molecule has 1 amide bonds. The summed E-state index contributed by atoms with van der Waals surface area (Å²) in [4.78, 5) is 11.3. The first-order valence-electron chi connectivity index (χ1n) is 4.94. The van der Waals surface area contributed by atoms with Crippen molar-refractivity contribution in [3.63, 3.8) is 0 Å². The lowest BCUT2D eigenvalue weighted by molar-refractivity contribution is -0.122. The third-order valence-corrected chi connectivity index (χ3v) is 2.11. The van der Waals surface area contributed by atoms with Crippen LogP contribution in [0, 0.1) is 5.41 Å². The molecule has 0 saturated heterocycles. The molecular weight excluding hydrogens is 180 g/mol. The van der Waals surface area contributed by atoms with Gasteiger partial charge < -0.3 is 16.2 Å². The molecule has 0 aliphatic rings. The zero-order chi connectivity index (χ0) is 11.4. The summed E-state index contributed by atoms with van der Waals surface area (Å²) in [6.07, 6.45) is -0.208. The van der Waals surface area contributed by atoms with E-state index in [9.17, 15) is 4.79 Å². The number of nitrogens with one attached hydrogen (secondary N) is 1. The van der Waals surface area contributed by atoms with Crippen LogP contribution in [0.3, 0.4) is 0 Å². The van der Waals surface area contributed by atoms with Crippen LogP contribution in [0.1, 0.15) is 34.1 Å². The van der Waals surface area contributed by atoms with Gasteiger partial charge in [0, 0.05) is 19.0 Å². The van der Waals surface area contributed by atoms with Crippen LogP contribution in [0.15, 0.2) is 0 Å². The molecule has 0 aliphatic heterocycles. The second kappa shape index (κ2) is 5.32. The fourth-order valence-corrected chi connectivity index (χ4v) is 0.840. The summed E-state index contributed by atoms with van der Waals surface area (Å²) >= 11 is 0. The average molecular weight is 202 g/mol. The molecule has 4 nitrogen and oxygen atoms in total. The molecule has 0 aliphatic carbocycles. The summed E-state index contributed by atoms with van der Waals surface area (Å²) in [5.41, 5.74) is 5.77. The maximum absolute atomic E-state index is 11.3. The van der Waals surface area contributed by atoms with E-state index in [1.54, 1.807) is 6.92 Å². The van der Waals surface area contributed by atoms with Gasteiger partial charge in [0.1, 0.15) is 0 Å². The number of nitrogens with two attached hydrogens (primary N) is 1. The molecule has 84 valence electrons. The Labute approximate surface area is 85.9 Å². The van der Waals surface area contributed by atoms with Crippen LogP contribution in [0.2, 0.25) is 0 Å². The van der Waals surface area contributed by atoms with Crippen LogP contribution in [0.25, 0.3) is 0 Å². The molecule has 1 unspecified atom stereocenters. The Balaban J connectivity index is 3.84. The minimum atomic E-state index is -0.509. The lowest BCUT2D eigenvalue weighted by atomic mass is 9.85. The van der Waals surface area contributed by atoms with Crippen molar-refractivity contribution in [3.8, 4) is 0 Å². The molecule has 0 spiro atoms. The maximum atomic E-state index is 11.3. The summed E-state index contributed by atoms with van der Waals surface area (Å²) in [6, 6.07) is -0.156. The number of amides is 1. The lowest BCUT2D eigenvalue weighted by Crippen LogP contribution is -2.41. The number of carbonyl (C=O) groups excluding carboxylic acids is 1. The van der Waals surface area contributed by atoms with E-state index in [1.807, 2.05) is 20.8 Å². The molecule has 0 saturated carbocycles. The van der Waals surface area contributed by atoms with Crippen molar-refractivity contribution in [3.05, 3.63) is 0 Å². The van der Waals surface area contributed by atoms with Crippen molar-refractivity contribution < 1.29 is 9.90 Å². The number of aliphatic hydroxyl groups is 1. The monoisotopic (exact) mass is 202 g/mol. The van der Waals surface area contributed by atoms with E-state index in [0.717, 1.165) is 0 Å². The van der Waals surface area contributed by atoms with Crippen molar-refractivity contribution in [1.82, 2.24) is 5.32 Å². The van der Waals surface area contributed by atoms with Crippen LogP contribution < -0.4 is 11.1 Å². The third-order valence-electron chi connectivity index (χ3n) is 2.11. The Bertz CT molecular complexity index is 185. The van der Waals surface area contributed by atoms with Gasteiger partial charge in [-0.15, -0.1) is 0 Å². The molecule has 0 aromatic heterocycles. The number of rotatable bonds is 4. The highest BCUT2D eigenvalue weighted by Crippen LogP contribution is 2.19. The molecule has 2 atom stereocenters. The van der Waals surface area contributed by atoms with Gasteiger partial charge in [-0.1, -0.05) is 20.8 Å². The van der Waals surface area contributed by atoms with Gasteiger partial charge in [-0.3, -0.25) is 4.79 Å². The van der Waals surface area contributed by atoms with E-state index < -0.39 is 6.10 Å². The number of carbonyl (C=O) groups is 1. The number of hydrogen-bond donors (Lipinski definition) is 3. The highest BCUT2D eigenvalue weighted by molar-refractivity contribution is 5.76. The normalized spacial score (nSPS) is 16.1. The molecule has 14 heavy (non-hydrogen) atoms. The van der Waals surface area contributed by atoms with E-state index in [1.165, 1.54) is 0 Å². The fraction of sp³-hybridized carbons (Fsp3) is 0.900. The van der Waals surface area contributed by atoms with E-state index in [0.29, 0.717) is 6.42 Å². The SMILES string of the molecule is C[C@H](O)CNC(=O)CC(N)C(C)(C)C. The van der Waals surface area contributed by atoms with Crippen LogP contribution in [0.5, 0.6) is 0 Å². The van der Waals surface area contributed by atoms with Gasteiger partial charge in [-0.25, -0.2) is 0 Å². The highest BCUT2D eigenvalue weighted by atomic mass is 16.3. The predicted octanol–water partition coefficient (Wildman–Crippen LogP) is 0.247. The molecule has 0 fully saturated rings. The van der Waals surface area contributed by atoms with Gasteiger partial charge in [0.15, 0.2) is 0 Å². The maximum Gasteiger partial charge on any atom is 0.221 e. The molecule has 0 radical (unpaired) electrons. The second-order valence-corrected chi connectivity index (χ2v) is 4.83. The molecule has 0 rings (SSSR count). The van der Waals surface area contributed by atoms with E-state index >= 15 is 0 Å². The van der Waals surface area contributed by atoms with Gasteiger partial charge in [-0.05, 0) is 12.3 Å². The Morgan fingerprint density at radius 1 is 1.50 bits per heavy atom. The Kier molecular flexibility index (Phi) is 5.08. The van der Waals surface area contributed by atoms with E-state index in [4.69, 9.17) is 10.8 Å². The van der Waals surface area contributed by atoms with Crippen LogP contribution in [-0.2, 0) is 4.79 Å². The third kappa shape index (κ3) is 5.94. The summed E-state index contributed by atoms with van der Waals surface area (Å²) in [5.74, 6) is -0.103. The van der Waals surface area contributed by atoms with Gasteiger partial charge in [0.25, 0.3) is 0 Å². The van der Waals surface area contributed by atoms with E-state index in [2.05, 4.69) is 5.32 Å². The number of aliphatic hydroxyl groups excluding tert-OH is 1. The summed E-state index contributed by atoms with van der Waals surface area (Å²) in [7, 11) is 0. The molecular formula is C10H22N2O2. The summed E-state index contributed by atoms with van der Waals surface area (Å²) < 4.78 is 0. The standard InChI is InChI=1S/C10H22N2O2/c1-7(13)6-12-9(14)5-8(11)10(2,3)4/h7-8,13H,5-6,11H2,1-4H3,(H,12,14)/t7-,8?/m0/s1. The average Bonchev–Trinajstić information content (AvgIpc) is 1.99. The van der Waals surface area contributed by atoms with Crippen molar-refractivity contribution in [2.75, 3.05) is 6.54 Å². The topological polar surface area (TPSA) is 75.3 Å². The Morgan fingerprint density at radius 2 is 2.00 bits per heavy atom. The van der Waals surface area contributed by atoms with Crippen molar-refractivity contribution in [1.29, 1.82) is 0 Å². The first kappa shape index (κ1) is 13.4. The smallest absolute Gasteiger partial charge is 0.221 e. The Morgan fingerprint density at radius 3 is 2.36 bits per heavy atom. The van der Waals surface area contributed by atoms with Gasteiger partial charge in [0.2, 0.25) is 5.91 Å². The quantitative estimate of drug-likeness (QED) is 0.611. The van der Waals surface area contributed by atoms with Crippen LogP contribution in [-0.4, -0.2) is 29.7 Å². The molecule has 0 aromatic rings. The first-order valence-corrected chi connectivity index (χ1v) is 4.94. The van der Waals surface area contributed by atoms with Crippen molar-refractivity contribution >= 4 is 5.91 Å². The van der Waals surface area contributed by atoms with Gasteiger partial charge >= 0.3 is 0 Å². The number of hydrogen-bond acceptors (Lipinski definition) is 3. The minimum absolute atomic E-state index is 0.0673. The highest BCUT2D eigenvalue weighted by Gasteiger charge is 2.22. The summed E-state index contributed by atoms with van der Waals surface area (Å²) in [6.45, 7) is 7.92. The minimum Gasteiger partial charge on any atom is -0.392 e. The molecule has 4 N–H and O–H groups in total. The molecule has 0 heterocycles. The van der Waals surface area contributed by atoms with Gasteiger partial charge in [0.05, 0.1) is 6.10 Å². The fourth-order valence-electron chi connectivity index (χ4n) is 0.840. The lowest BCUT2D eigenvalue weighted by Gasteiger charge is -2.26. The zero-order valence-electron chi connectivity index (χ0n) is 9.50. The Hall–Kier alpha value is -0.610. The predicted molar refractivity (Wildman–Crippen MR) is 56.7 cm³/mol. The largest absolute Gasteiger partial charge is 0.392 e. The van der Waals surface area contributed by atoms with Crippen LogP contribution in [0.4, 0.5) is 0 Å².